The molecule has 3 aromatic carbocycles. The Labute approximate surface area is 321 Å². The van der Waals surface area contributed by atoms with E-state index in [1.54, 1.807) is 48.5 Å². The number of fused-ring (bicyclic) bond motifs is 1. The molecule has 3 aliphatic rings. The number of ether oxygens (including phenoxy) is 9. The van der Waals surface area contributed by atoms with Gasteiger partial charge >= 0.3 is 5.97 Å². The summed E-state index contributed by atoms with van der Waals surface area (Å²) in [4.78, 5) is 24.7. The van der Waals surface area contributed by atoms with E-state index in [9.17, 15) is 30.0 Å². The monoisotopic (exact) mass is 789 g/mol. The maximum atomic E-state index is 13.1. The SMILES string of the molecule is COc1ccc(CC(=O)OC[C@H]2O[C@@H](OCc3ccc(Cl)c(NC(C)=O)c3)[C@H](O)[C@@H](O)[C@@H]2O[C@H]2O[C@@H]3COC(c4ccccc4)O[C@H]3[C@H](O)[C@H]2O)cc1OC. The number of anilines is 1. The van der Waals surface area contributed by atoms with Crippen molar-refractivity contribution in [1.82, 2.24) is 0 Å². The Balaban J connectivity index is 1.16. The van der Waals surface area contributed by atoms with E-state index in [1.807, 2.05) is 18.2 Å². The predicted molar refractivity (Wildman–Crippen MR) is 191 cm³/mol. The number of amides is 1. The van der Waals surface area contributed by atoms with Crippen molar-refractivity contribution in [2.45, 2.75) is 87.7 Å². The van der Waals surface area contributed by atoms with E-state index in [2.05, 4.69) is 5.32 Å². The highest BCUT2D eigenvalue weighted by molar-refractivity contribution is 6.33. The summed E-state index contributed by atoms with van der Waals surface area (Å²) in [5.41, 5.74) is 2.16. The third-order valence-corrected chi connectivity index (χ3v) is 9.63. The van der Waals surface area contributed by atoms with Gasteiger partial charge in [-0.1, -0.05) is 54.1 Å². The molecule has 55 heavy (non-hydrogen) atoms. The number of esters is 1. The third-order valence-electron chi connectivity index (χ3n) is 9.30. The second-order valence-corrected chi connectivity index (χ2v) is 13.6. The predicted octanol–water partition coefficient (Wildman–Crippen LogP) is 2.01. The Morgan fingerprint density at radius 1 is 0.836 bits per heavy atom. The van der Waals surface area contributed by atoms with Crippen molar-refractivity contribution in [1.29, 1.82) is 0 Å². The lowest BCUT2D eigenvalue weighted by molar-refractivity contribution is -0.386. The van der Waals surface area contributed by atoms with Gasteiger partial charge in [-0.2, -0.15) is 0 Å². The minimum Gasteiger partial charge on any atom is -0.493 e. The van der Waals surface area contributed by atoms with Gasteiger partial charge in [0.2, 0.25) is 5.91 Å². The molecule has 17 heteroatoms. The molecule has 0 radical (unpaired) electrons. The zero-order valence-corrected chi connectivity index (χ0v) is 30.9. The van der Waals surface area contributed by atoms with E-state index in [0.717, 1.165) is 0 Å². The Hall–Kier alpha value is -3.91. The number of methoxy groups -OCH3 is 2. The number of nitrogens with one attached hydrogen (secondary N) is 1. The molecular formula is C38H44ClNO15. The van der Waals surface area contributed by atoms with Crippen molar-refractivity contribution >= 4 is 29.2 Å². The normalized spacial score (nSPS) is 30.5. The molecule has 0 aliphatic carbocycles. The first-order valence-corrected chi connectivity index (χ1v) is 17.9. The van der Waals surface area contributed by atoms with Gasteiger partial charge in [-0.25, -0.2) is 0 Å². The number of hydrogen-bond donors (Lipinski definition) is 5. The van der Waals surface area contributed by atoms with Crippen LogP contribution in [0.4, 0.5) is 5.69 Å². The zero-order valence-electron chi connectivity index (χ0n) is 30.2. The van der Waals surface area contributed by atoms with Crippen LogP contribution in [0.15, 0.2) is 66.7 Å². The fourth-order valence-corrected chi connectivity index (χ4v) is 6.64. The number of carbonyl (C=O) groups excluding carboxylic acids is 2. The number of carbonyl (C=O) groups is 2. The van der Waals surface area contributed by atoms with E-state index < -0.39 is 80.3 Å². The number of halogens is 1. The van der Waals surface area contributed by atoms with Gasteiger partial charge in [-0.15, -0.1) is 0 Å². The van der Waals surface area contributed by atoms with Crippen LogP contribution in [0.3, 0.4) is 0 Å². The van der Waals surface area contributed by atoms with Crippen molar-refractivity contribution in [2.75, 3.05) is 32.8 Å². The lowest BCUT2D eigenvalue weighted by Crippen LogP contribution is -2.66. The third kappa shape index (κ3) is 9.73. The van der Waals surface area contributed by atoms with E-state index in [-0.39, 0.29) is 25.5 Å². The first-order chi connectivity index (χ1) is 26.4. The largest absolute Gasteiger partial charge is 0.493 e. The topological polar surface area (TPSA) is 210 Å². The number of aliphatic hydroxyl groups excluding tert-OH is 4. The van der Waals surface area contributed by atoms with Gasteiger partial charge in [0.05, 0.1) is 44.6 Å². The van der Waals surface area contributed by atoms with Crippen LogP contribution >= 0.6 is 11.6 Å². The van der Waals surface area contributed by atoms with Gasteiger partial charge in [0.15, 0.2) is 30.4 Å². The van der Waals surface area contributed by atoms with Gasteiger partial charge in [0.25, 0.3) is 0 Å². The summed E-state index contributed by atoms with van der Waals surface area (Å²) >= 11 is 6.20. The Bertz CT molecular complexity index is 1760. The maximum absolute atomic E-state index is 13.1. The van der Waals surface area contributed by atoms with Crippen LogP contribution in [0.5, 0.6) is 11.5 Å². The Morgan fingerprint density at radius 3 is 2.29 bits per heavy atom. The second-order valence-electron chi connectivity index (χ2n) is 13.2. The molecule has 16 nitrogen and oxygen atoms in total. The molecule has 0 saturated carbocycles. The summed E-state index contributed by atoms with van der Waals surface area (Å²) in [5.74, 6) is -0.113. The molecule has 3 heterocycles. The van der Waals surface area contributed by atoms with Crippen LogP contribution in [-0.2, 0) is 55.8 Å². The van der Waals surface area contributed by atoms with Crippen LogP contribution in [-0.4, -0.2) is 121 Å². The second kappa shape index (κ2) is 18.4. The molecule has 0 aromatic heterocycles. The van der Waals surface area contributed by atoms with Gasteiger partial charge in [0.1, 0.15) is 55.4 Å². The summed E-state index contributed by atoms with van der Waals surface area (Å²) in [6.07, 6.45) is -15.3. The molecule has 1 unspecified atom stereocenters. The molecule has 11 atom stereocenters. The average Bonchev–Trinajstić information content (AvgIpc) is 3.18. The molecule has 0 bridgehead atoms. The van der Waals surface area contributed by atoms with Crippen LogP contribution in [0.25, 0.3) is 0 Å². The Kier molecular flexibility index (Phi) is 13.6. The van der Waals surface area contributed by atoms with Crippen LogP contribution in [0, 0.1) is 0 Å². The van der Waals surface area contributed by atoms with Gasteiger partial charge in [-0.3, -0.25) is 9.59 Å². The highest BCUT2D eigenvalue weighted by Crippen LogP contribution is 2.36. The molecular weight excluding hydrogens is 746 g/mol. The van der Waals surface area contributed by atoms with Crippen molar-refractivity contribution in [3.05, 3.63) is 88.4 Å². The average molecular weight is 790 g/mol. The highest BCUT2D eigenvalue weighted by Gasteiger charge is 2.53. The van der Waals surface area contributed by atoms with Gasteiger partial charge < -0.3 is 68.4 Å². The van der Waals surface area contributed by atoms with Crippen LogP contribution < -0.4 is 14.8 Å². The smallest absolute Gasteiger partial charge is 0.310 e. The van der Waals surface area contributed by atoms with Crippen molar-refractivity contribution in [3.8, 4) is 11.5 Å². The van der Waals surface area contributed by atoms with Gasteiger partial charge in [0, 0.05) is 12.5 Å². The van der Waals surface area contributed by atoms with E-state index in [1.165, 1.54) is 21.1 Å². The van der Waals surface area contributed by atoms with Crippen LogP contribution in [0.1, 0.15) is 29.9 Å². The summed E-state index contributed by atoms with van der Waals surface area (Å²) in [6.45, 7) is 0.665. The fraction of sp³-hybridized carbons (Fsp3) is 0.474. The molecule has 3 aliphatic heterocycles. The Morgan fingerprint density at radius 2 is 1.56 bits per heavy atom. The van der Waals surface area contributed by atoms with Crippen molar-refractivity contribution in [3.63, 3.8) is 0 Å². The summed E-state index contributed by atoms with van der Waals surface area (Å²) in [6, 6.07) is 18.8. The molecule has 1 amide bonds. The fourth-order valence-electron chi connectivity index (χ4n) is 6.48. The molecule has 3 fully saturated rings. The molecule has 3 aromatic rings. The van der Waals surface area contributed by atoms with Crippen LogP contribution in [0.2, 0.25) is 5.02 Å². The summed E-state index contributed by atoms with van der Waals surface area (Å²) in [5, 5.41) is 47.8. The lowest BCUT2D eigenvalue weighted by Gasteiger charge is -2.48. The zero-order chi connectivity index (χ0) is 39.2. The quantitative estimate of drug-likeness (QED) is 0.157. The highest BCUT2D eigenvalue weighted by atomic mass is 35.5. The van der Waals surface area contributed by atoms with Gasteiger partial charge in [-0.05, 0) is 35.4 Å². The molecule has 0 spiro atoms. The lowest BCUT2D eigenvalue weighted by atomic mass is 9.96. The number of aliphatic hydroxyl groups is 4. The van der Waals surface area contributed by atoms with E-state index in [0.29, 0.717) is 38.9 Å². The molecule has 298 valence electrons. The number of benzene rings is 3. The molecule has 6 rings (SSSR count). The first-order valence-electron chi connectivity index (χ1n) is 17.5. The van der Waals surface area contributed by atoms with Crippen molar-refractivity contribution < 1.29 is 72.6 Å². The summed E-state index contributed by atoms with van der Waals surface area (Å²) < 4.78 is 51.9. The standard InChI is InChI=1S/C38H44ClNO15/c1-19(41)40-24-13-21(9-11-23(24)39)16-50-37-32(45)30(43)35(27(52-37)17-49-29(42)15-20-10-12-25(47-2)26(14-20)48-3)55-38-33(46)31(44)34-28(53-38)18-51-36(54-34)22-7-5-4-6-8-22/h4-14,27-28,30-38,43-46H,15-18H2,1-3H3,(H,40,41)/t27-,28-,30-,31-,32-,33-,34-,35-,36?,37-,38-/m1/s1. The molecule has 5 N–H and O–H groups in total. The number of rotatable bonds is 13. The first kappa shape index (κ1) is 40.7. The maximum Gasteiger partial charge on any atom is 0.310 e. The minimum atomic E-state index is -1.74. The number of hydrogen-bond acceptors (Lipinski definition) is 15. The molecule has 3 saturated heterocycles. The summed E-state index contributed by atoms with van der Waals surface area (Å²) in [7, 11) is 2.96. The minimum absolute atomic E-state index is 0.0261. The van der Waals surface area contributed by atoms with E-state index >= 15 is 0 Å². The van der Waals surface area contributed by atoms with E-state index in [4.69, 9.17) is 54.2 Å². The van der Waals surface area contributed by atoms with Crippen molar-refractivity contribution in [2.24, 2.45) is 0 Å².